The molecule has 0 amide bonds. The molecule has 130 valence electrons. The number of ether oxygens (including phenoxy) is 1. The van der Waals surface area contributed by atoms with E-state index in [-0.39, 0.29) is 6.10 Å². The van der Waals surface area contributed by atoms with Gasteiger partial charge >= 0.3 is 0 Å². The molecule has 0 spiro atoms. The van der Waals surface area contributed by atoms with Gasteiger partial charge in [-0.15, -0.1) is 5.10 Å². The van der Waals surface area contributed by atoms with Gasteiger partial charge in [-0.05, 0) is 56.7 Å². The molecule has 1 aromatic carbocycles. The van der Waals surface area contributed by atoms with Crippen LogP contribution in [-0.4, -0.2) is 38.4 Å². The van der Waals surface area contributed by atoms with Crippen molar-refractivity contribution in [3.63, 3.8) is 0 Å². The lowest BCUT2D eigenvalue weighted by Crippen LogP contribution is -2.24. The first-order valence-corrected chi connectivity index (χ1v) is 9.00. The number of hydrogen-bond acceptors (Lipinski definition) is 4. The van der Waals surface area contributed by atoms with E-state index in [0.717, 1.165) is 61.2 Å². The highest BCUT2D eigenvalue weighted by molar-refractivity contribution is 5.64. The maximum Gasteiger partial charge on any atom is 0.126 e. The van der Waals surface area contributed by atoms with Gasteiger partial charge in [-0.25, -0.2) is 4.68 Å². The lowest BCUT2D eigenvalue weighted by Gasteiger charge is -2.21. The maximum atomic E-state index is 9.82. The highest BCUT2D eigenvalue weighted by Gasteiger charge is 2.38. The van der Waals surface area contributed by atoms with Crippen molar-refractivity contribution < 1.29 is 9.84 Å². The van der Waals surface area contributed by atoms with Gasteiger partial charge in [0.2, 0.25) is 0 Å². The molecule has 1 saturated carbocycles. The molecule has 1 aliphatic heterocycles. The van der Waals surface area contributed by atoms with Gasteiger partial charge < -0.3 is 9.84 Å². The van der Waals surface area contributed by atoms with E-state index in [4.69, 9.17) is 4.74 Å². The number of aliphatic hydroxyl groups is 1. The topological polar surface area (TPSA) is 60.2 Å². The summed E-state index contributed by atoms with van der Waals surface area (Å²) in [6, 6.07) is 6.05. The van der Waals surface area contributed by atoms with Crippen molar-refractivity contribution in [3.05, 3.63) is 35.5 Å². The third-order valence-electron chi connectivity index (χ3n) is 4.87. The number of benzene rings is 1. The first-order valence-electron chi connectivity index (χ1n) is 9.00. The Morgan fingerprint density at radius 2 is 2.24 bits per heavy atom. The molecule has 2 aromatic rings. The average Bonchev–Trinajstić information content (AvgIpc) is 3.18. The minimum absolute atomic E-state index is 0.246. The number of aryl methyl sites for hydroxylation is 1. The van der Waals surface area contributed by atoms with Gasteiger partial charge in [0.15, 0.2) is 0 Å². The Kier molecular flexibility index (Phi) is 4.32. The molecule has 2 heterocycles. The maximum absolute atomic E-state index is 9.82. The van der Waals surface area contributed by atoms with Crippen molar-refractivity contribution in [2.24, 2.45) is 0 Å². The van der Waals surface area contributed by atoms with Crippen LogP contribution in [0, 0.1) is 18.8 Å². The molecule has 1 N–H and O–H groups in total. The van der Waals surface area contributed by atoms with Crippen LogP contribution >= 0.6 is 0 Å². The molecule has 1 aliphatic carbocycles. The van der Waals surface area contributed by atoms with Crippen molar-refractivity contribution >= 4 is 0 Å². The predicted molar refractivity (Wildman–Crippen MR) is 94.8 cm³/mol. The lowest BCUT2D eigenvalue weighted by atomic mass is 10.0. The number of rotatable bonds is 3. The fourth-order valence-electron chi connectivity index (χ4n) is 3.13. The minimum atomic E-state index is -0.740. The Labute approximate surface area is 148 Å². The summed E-state index contributed by atoms with van der Waals surface area (Å²) in [6.45, 7) is 3.66. The van der Waals surface area contributed by atoms with Crippen LogP contribution in [0.3, 0.4) is 0 Å². The molecule has 2 aliphatic rings. The summed E-state index contributed by atoms with van der Waals surface area (Å²) in [5, 5.41) is 18.4. The van der Waals surface area contributed by atoms with Gasteiger partial charge in [-0.3, -0.25) is 0 Å². The summed E-state index contributed by atoms with van der Waals surface area (Å²) in [5.74, 6) is 6.01. The third-order valence-corrected chi connectivity index (χ3v) is 4.87. The lowest BCUT2D eigenvalue weighted by molar-refractivity contribution is 0.00370. The summed E-state index contributed by atoms with van der Waals surface area (Å²) in [7, 11) is 0. The molecule has 1 saturated heterocycles. The van der Waals surface area contributed by atoms with E-state index >= 15 is 0 Å². The van der Waals surface area contributed by atoms with E-state index in [1.165, 1.54) is 6.42 Å². The third kappa shape index (κ3) is 3.92. The van der Waals surface area contributed by atoms with Gasteiger partial charge in [-0.1, -0.05) is 23.1 Å². The van der Waals surface area contributed by atoms with Gasteiger partial charge in [0.25, 0.3) is 0 Å². The van der Waals surface area contributed by atoms with E-state index < -0.39 is 5.60 Å². The van der Waals surface area contributed by atoms with Crippen LogP contribution in [0.2, 0.25) is 0 Å². The van der Waals surface area contributed by atoms with Crippen LogP contribution in [-0.2, 0) is 11.3 Å². The van der Waals surface area contributed by atoms with Crippen LogP contribution in [0.15, 0.2) is 24.4 Å². The molecular weight excluding hydrogens is 314 g/mol. The van der Waals surface area contributed by atoms with E-state index in [9.17, 15) is 5.11 Å². The molecule has 5 heteroatoms. The molecule has 5 nitrogen and oxygen atoms in total. The summed E-state index contributed by atoms with van der Waals surface area (Å²) in [5.41, 5.74) is 3.22. The Balaban J connectivity index is 1.48. The second-order valence-electron chi connectivity index (χ2n) is 7.13. The first kappa shape index (κ1) is 16.3. The minimum Gasteiger partial charge on any atom is -0.378 e. The van der Waals surface area contributed by atoms with Crippen LogP contribution in [0.5, 0.6) is 0 Å². The molecule has 1 unspecified atom stereocenters. The zero-order valence-electron chi connectivity index (χ0n) is 14.5. The highest BCUT2D eigenvalue weighted by Crippen LogP contribution is 2.34. The largest absolute Gasteiger partial charge is 0.378 e. The van der Waals surface area contributed by atoms with Crippen molar-refractivity contribution in [2.75, 3.05) is 6.61 Å². The quantitative estimate of drug-likeness (QED) is 0.875. The van der Waals surface area contributed by atoms with Crippen molar-refractivity contribution in [1.29, 1.82) is 0 Å². The van der Waals surface area contributed by atoms with Crippen molar-refractivity contribution in [3.8, 4) is 23.1 Å². The molecule has 0 radical (unpaired) electrons. The van der Waals surface area contributed by atoms with Gasteiger partial charge in [0, 0.05) is 17.7 Å². The zero-order chi connectivity index (χ0) is 17.3. The van der Waals surface area contributed by atoms with E-state index in [0.29, 0.717) is 0 Å². The number of hydrogen-bond donors (Lipinski definition) is 1. The second-order valence-corrected chi connectivity index (χ2v) is 7.13. The average molecular weight is 337 g/mol. The molecule has 2 fully saturated rings. The standard InChI is InChI=1S/C20H23N3O2/c1-15-12-16(7-8-20(24)9-10-20)5-6-18(15)19-14-23(22-21-19)13-17-4-2-3-11-25-17/h5-6,12,14,17,24H,2-4,9-11,13H2,1H3. The zero-order valence-corrected chi connectivity index (χ0v) is 14.5. The van der Waals surface area contributed by atoms with Gasteiger partial charge in [-0.2, -0.15) is 0 Å². The summed E-state index contributed by atoms with van der Waals surface area (Å²) in [4.78, 5) is 0. The molecule has 0 bridgehead atoms. The fraction of sp³-hybridized carbons (Fsp3) is 0.500. The molecule has 4 rings (SSSR count). The smallest absolute Gasteiger partial charge is 0.126 e. The Hall–Kier alpha value is -2.16. The van der Waals surface area contributed by atoms with Crippen LogP contribution < -0.4 is 0 Å². The van der Waals surface area contributed by atoms with Crippen LogP contribution in [0.4, 0.5) is 0 Å². The second kappa shape index (κ2) is 6.62. The Morgan fingerprint density at radius 3 is 2.96 bits per heavy atom. The van der Waals surface area contributed by atoms with Gasteiger partial charge in [0.05, 0.1) is 18.8 Å². The number of aromatic nitrogens is 3. The van der Waals surface area contributed by atoms with Crippen LogP contribution in [0.1, 0.15) is 43.2 Å². The highest BCUT2D eigenvalue weighted by atomic mass is 16.5. The summed E-state index contributed by atoms with van der Waals surface area (Å²) in [6.07, 6.45) is 7.27. The Bertz CT molecular complexity index is 821. The monoisotopic (exact) mass is 337 g/mol. The van der Waals surface area contributed by atoms with Crippen molar-refractivity contribution in [1.82, 2.24) is 15.0 Å². The predicted octanol–water partition coefficient (Wildman–Crippen LogP) is 2.70. The normalized spacial score (nSPS) is 21.4. The molecule has 1 atom stereocenters. The van der Waals surface area contributed by atoms with E-state index in [1.807, 2.05) is 29.1 Å². The molecule has 1 aromatic heterocycles. The van der Waals surface area contributed by atoms with Gasteiger partial charge in [0.1, 0.15) is 11.3 Å². The van der Waals surface area contributed by atoms with Crippen LogP contribution in [0.25, 0.3) is 11.3 Å². The first-order chi connectivity index (χ1) is 12.1. The number of nitrogens with zero attached hydrogens (tertiary/aromatic N) is 3. The summed E-state index contributed by atoms with van der Waals surface area (Å²) < 4.78 is 7.65. The summed E-state index contributed by atoms with van der Waals surface area (Å²) >= 11 is 0. The molecular formula is C20H23N3O2. The SMILES string of the molecule is Cc1cc(C#CC2(O)CC2)ccc1-c1cn(CC2CCCCO2)nn1. The fourth-order valence-corrected chi connectivity index (χ4v) is 3.13. The van der Waals surface area contributed by atoms with E-state index in [1.54, 1.807) is 0 Å². The van der Waals surface area contributed by atoms with Crippen molar-refractivity contribution in [2.45, 2.75) is 57.3 Å². The Morgan fingerprint density at radius 1 is 1.36 bits per heavy atom. The molecule has 25 heavy (non-hydrogen) atoms. The van der Waals surface area contributed by atoms with E-state index in [2.05, 4.69) is 29.1 Å².